The van der Waals surface area contributed by atoms with Crippen LogP contribution in [0.3, 0.4) is 0 Å². The third-order valence-corrected chi connectivity index (χ3v) is 3.76. The van der Waals surface area contributed by atoms with Gasteiger partial charge in [-0.25, -0.2) is 4.39 Å². The molecule has 0 saturated heterocycles. The molecule has 0 radical (unpaired) electrons. The number of halogens is 2. The Hall–Kier alpha value is -2.07. The largest absolute Gasteiger partial charge is 0.493 e. The number of alkyl halides is 1. The van der Waals surface area contributed by atoms with Crippen LogP contribution in [0, 0.1) is 5.82 Å². The minimum Gasteiger partial charge on any atom is -0.493 e. The lowest BCUT2D eigenvalue weighted by Gasteiger charge is -2.16. The van der Waals surface area contributed by atoms with Crippen molar-refractivity contribution in [1.82, 2.24) is 0 Å². The summed E-state index contributed by atoms with van der Waals surface area (Å²) >= 11 is 5.68. The van der Waals surface area contributed by atoms with E-state index in [0.717, 1.165) is 29.5 Å². The molecular weight excluding hydrogens is 331 g/mol. The van der Waals surface area contributed by atoms with Gasteiger partial charge in [0.2, 0.25) is 0 Å². The van der Waals surface area contributed by atoms with Crippen molar-refractivity contribution >= 4 is 17.6 Å². The molecule has 128 valence electrons. The molecule has 0 heterocycles. The van der Waals surface area contributed by atoms with Crippen molar-refractivity contribution in [2.24, 2.45) is 0 Å². The fourth-order valence-electron chi connectivity index (χ4n) is 2.35. The highest BCUT2D eigenvalue weighted by atomic mass is 35.5. The molecule has 0 amide bonds. The first-order chi connectivity index (χ1) is 11.5. The van der Waals surface area contributed by atoms with Crippen molar-refractivity contribution < 1.29 is 18.7 Å². The van der Waals surface area contributed by atoms with E-state index in [1.54, 1.807) is 18.2 Å². The number of esters is 1. The molecule has 0 atom stereocenters. The van der Waals surface area contributed by atoms with Crippen molar-refractivity contribution in [2.45, 2.75) is 26.7 Å². The van der Waals surface area contributed by atoms with Gasteiger partial charge in [-0.1, -0.05) is 19.1 Å². The van der Waals surface area contributed by atoms with Crippen LogP contribution in [0.15, 0.2) is 36.4 Å². The van der Waals surface area contributed by atoms with Gasteiger partial charge in [-0.2, -0.15) is 0 Å². The summed E-state index contributed by atoms with van der Waals surface area (Å²) in [5, 5.41) is 0. The van der Waals surface area contributed by atoms with E-state index < -0.39 is 5.97 Å². The standard InChI is InChI=1S/C19H20ClFO3/c1-3-14-11-17(15-5-7-16(21)8-6-15)19(24-13(2)22)12-18(14)23-10-4-9-20/h5-8,11-12H,3-4,9-10H2,1-2H3. The van der Waals surface area contributed by atoms with Crippen LogP contribution in [-0.4, -0.2) is 18.5 Å². The second kappa shape index (κ2) is 8.69. The van der Waals surface area contributed by atoms with Crippen molar-refractivity contribution in [1.29, 1.82) is 0 Å². The number of hydrogen-bond donors (Lipinski definition) is 0. The first-order valence-corrected chi connectivity index (χ1v) is 8.38. The molecule has 0 aliphatic heterocycles. The van der Waals surface area contributed by atoms with Gasteiger partial charge in [-0.15, -0.1) is 11.6 Å². The zero-order valence-corrected chi connectivity index (χ0v) is 14.5. The van der Waals surface area contributed by atoms with Gasteiger partial charge in [0.05, 0.1) is 6.61 Å². The van der Waals surface area contributed by atoms with Gasteiger partial charge in [-0.05, 0) is 42.2 Å². The van der Waals surface area contributed by atoms with E-state index in [1.807, 2.05) is 13.0 Å². The molecule has 0 N–H and O–H groups in total. The van der Waals surface area contributed by atoms with E-state index >= 15 is 0 Å². The third-order valence-electron chi connectivity index (χ3n) is 3.49. The van der Waals surface area contributed by atoms with Crippen LogP contribution in [-0.2, 0) is 11.2 Å². The number of benzene rings is 2. The van der Waals surface area contributed by atoms with Gasteiger partial charge in [0, 0.05) is 24.4 Å². The van der Waals surface area contributed by atoms with Gasteiger partial charge >= 0.3 is 5.97 Å². The van der Waals surface area contributed by atoms with E-state index in [1.165, 1.54) is 19.1 Å². The molecule has 0 spiro atoms. The third kappa shape index (κ3) is 4.71. The summed E-state index contributed by atoms with van der Waals surface area (Å²) in [4.78, 5) is 11.4. The average Bonchev–Trinajstić information content (AvgIpc) is 2.56. The number of aryl methyl sites for hydroxylation is 1. The molecule has 0 bridgehead atoms. The van der Waals surface area contributed by atoms with Crippen LogP contribution in [0.25, 0.3) is 11.1 Å². The van der Waals surface area contributed by atoms with E-state index in [2.05, 4.69) is 0 Å². The molecule has 2 rings (SSSR count). The maximum Gasteiger partial charge on any atom is 0.308 e. The fraction of sp³-hybridized carbons (Fsp3) is 0.316. The SMILES string of the molecule is CCc1cc(-c2ccc(F)cc2)c(OC(C)=O)cc1OCCCCl. The van der Waals surface area contributed by atoms with Crippen LogP contribution in [0.1, 0.15) is 25.8 Å². The van der Waals surface area contributed by atoms with Crippen LogP contribution in [0.4, 0.5) is 4.39 Å². The second-order valence-electron chi connectivity index (χ2n) is 5.30. The Morgan fingerprint density at radius 1 is 1.17 bits per heavy atom. The quantitative estimate of drug-likeness (QED) is 0.305. The number of hydrogen-bond acceptors (Lipinski definition) is 3. The molecule has 0 saturated carbocycles. The number of rotatable bonds is 7. The average molecular weight is 351 g/mol. The molecule has 0 aliphatic rings. The zero-order chi connectivity index (χ0) is 17.5. The summed E-state index contributed by atoms with van der Waals surface area (Å²) in [6.45, 7) is 3.85. The molecule has 0 unspecified atom stereocenters. The first-order valence-electron chi connectivity index (χ1n) is 7.85. The monoisotopic (exact) mass is 350 g/mol. The Kier molecular flexibility index (Phi) is 6.62. The molecule has 24 heavy (non-hydrogen) atoms. The highest BCUT2D eigenvalue weighted by Crippen LogP contribution is 2.37. The zero-order valence-electron chi connectivity index (χ0n) is 13.8. The van der Waals surface area contributed by atoms with E-state index in [-0.39, 0.29) is 5.82 Å². The lowest BCUT2D eigenvalue weighted by molar-refractivity contribution is -0.131. The summed E-state index contributed by atoms with van der Waals surface area (Å²) in [6, 6.07) is 9.71. The Labute approximate surface area is 146 Å². The van der Waals surface area contributed by atoms with Gasteiger partial charge < -0.3 is 9.47 Å². The predicted molar refractivity (Wildman–Crippen MR) is 93.4 cm³/mol. The Morgan fingerprint density at radius 3 is 2.46 bits per heavy atom. The molecule has 0 fully saturated rings. The van der Waals surface area contributed by atoms with E-state index in [4.69, 9.17) is 21.1 Å². The Morgan fingerprint density at radius 2 is 1.88 bits per heavy atom. The fourth-order valence-corrected chi connectivity index (χ4v) is 2.46. The van der Waals surface area contributed by atoms with Crippen molar-refractivity contribution in [3.63, 3.8) is 0 Å². The molecular formula is C19H20ClFO3. The normalized spacial score (nSPS) is 10.5. The number of carbonyl (C=O) groups is 1. The van der Waals surface area contributed by atoms with Gasteiger partial charge in [0.25, 0.3) is 0 Å². The summed E-state index contributed by atoms with van der Waals surface area (Å²) in [5.41, 5.74) is 2.49. The maximum atomic E-state index is 13.2. The van der Waals surface area contributed by atoms with Crippen LogP contribution >= 0.6 is 11.6 Å². The highest BCUT2D eigenvalue weighted by molar-refractivity contribution is 6.17. The van der Waals surface area contributed by atoms with E-state index in [0.29, 0.717) is 24.0 Å². The molecule has 0 aliphatic carbocycles. The maximum absolute atomic E-state index is 13.2. The molecule has 5 heteroatoms. The topological polar surface area (TPSA) is 35.5 Å². The first kappa shape index (κ1) is 18.3. The van der Waals surface area contributed by atoms with Crippen molar-refractivity contribution in [2.75, 3.05) is 12.5 Å². The Balaban J connectivity index is 2.47. The van der Waals surface area contributed by atoms with Gasteiger partial charge in [0.1, 0.15) is 17.3 Å². The summed E-state index contributed by atoms with van der Waals surface area (Å²) < 4.78 is 24.3. The van der Waals surface area contributed by atoms with Crippen molar-refractivity contribution in [3.05, 3.63) is 47.8 Å². The van der Waals surface area contributed by atoms with Crippen LogP contribution in [0.2, 0.25) is 0 Å². The summed E-state index contributed by atoms with van der Waals surface area (Å²) in [7, 11) is 0. The Bertz CT molecular complexity index is 699. The molecule has 2 aromatic rings. The van der Waals surface area contributed by atoms with Crippen LogP contribution in [0.5, 0.6) is 11.5 Å². The van der Waals surface area contributed by atoms with Crippen LogP contribution < -0.4 is 9.47 Å². The van der Waals surface area contributed by atoms with Gasteiger partial charge in [-0.3, -0.25) is 4.79 Å². The van der Waals surface area contributed by atoms with E-state index in [9.17, 15) is 9.18 Å². The second-order valence-corrected chi connectivity index (χ2v) is 5.68. The minimum atomic E-state index is -0.422. The predicted octanol–water partition coefficient (Wildman–Crippen LogP) is 4.99. The minimum absolute atomic E-state index is 0.315. The lowest BCUT2D eigenvalue weighted by atomic mass is 10.00. The lowest BCUT2D eigenvalue weighted by Crippen LogP contribution is -2.06. The number of ether oxygens (including phenoxy) is 2. The summed E-state index contributed by atoms with van der Waals surface area (Å²) in [5.74, 6) is 0.849. The number of carbonyl (C=O) groups excluding carboxylic acids is 1. The highest BCUT2D eigenvalue weighted by Gasteiger charge is 2.15. The van der Waals surface area contributed by atoms with Gasteiger partial charge in [0.15, 0.2) is 0 Å². The van der Waals surface area contributed by atoms with Crippen molar-refractivity contribution in [3.8, 4) is 22.6 Å². The molecule has 2 aromatic carbocycles. The smallest absolute Gasteiger partial charge is 0.308 e. The summed E-state index contributed by atoms with van der Waals surface area (Å²) in [6.07, 6.45) is 1.48. The molecule has 0 aromatic heterocycles. The molecule has 3 nitrogen and oxygen atoms in total.